The first-order valence-corrected chi connectivity index (χ1v) is 6.44. The van der Waals surface area contributed by atoms with Crippen molar-refractivity contribution >= 4 is 33.7 Å². The number of carbonyl (C=O) groups is 1. The van der Waals surface area contributed by atoms with Gasteiger partial charge in [0.25, 0.3) is 0 Å². The normalized spacial score (nSPS) is 11.3. The second-order valence-electron chi connectivity index (χ2n) is 3.06. The summed E-state index contributed by atoms with van der Waals surface area (Å²) in [4.78, 5) is 10.9. The molecule has 0 aromatic heterocycles. The van der Waals surface area contributed by atoms with Crippen LogP contribution in [0.25, 0.3) is 0 Å². The van der Waals surface area contributed by atoms with Crippen molar-refractivity contribution in [2.75, 3.05) is 12.4 Å². The third-order valence-electron chi connectivity index (χ3n) is 1.79. The maximum absolute atomic E-state index is 11.9. The summed E-state index contributed by atoms with van der Waals surface area (Å²) in [6.07, 6.45) is 0. The molecule has 0 spiro atoms. The molecule has 0 atom stereocenters. The molecule has 0 fully saturated rings. The van der Waals surface area contributed by atoms with Crippen molar-refractivity contribution in [3.63, 3.8) is 0 Å². The fourth-order valence-corrected chi connectivity index (χ4v) is 2.00. The molecular weight excluding hydrogens is 337 g/mol. The zero-order valence-corrected chi connectivity index (χ0v) is 11.2. The van der Waals surface area contributed by atoms with Gasteiger partial charge in [-0.3, -0.25) is 0 Å². The number of carboxylic acids is 1. The van der Waals surface area contributed by atoms with Gasteiger partial charge in [-0.2, -0.15) is 13.2 Å². The van der Waals surface area contributed by atoms with Crippen LogP contribution in [0.1, 0.15) is 10.4 Å². The molecule has 1 aromatic rings. The second kappa shape index (κ2) is 6.33. The first kappa shape index (κ1) is 15.2. The predicted octanol–water partition coefficient (Wildman–Crippen LogP) is 3.78. The Hall–Kier alpha value is -0.890. The van der Waals surface area contributed by atoms with Gasteiger partial charge in [-0.15, -0.1) is 0 Å². The van der Waals surface area contributed by atoms with Gasteiger partial charge in [0.2, 0.25) is 0 Å². The molecule has 1 N–H and O–H groups in total. The molecule has 1 aromatic carbocycles. The highest BCUT2D eigenvalue weighted by molar-refractivity contribution is 9.10. The lowest BCUT2D eigenvalue weighted by molar-refractivity contribution is -0.0329. The number of benzene rings is 1. The zero-order valence-electron chi connectivity index (χ0n) is 8.83. The highest BCUT2D eigenvalue weighted by Gasteiger charge is 2.27. The molecule has 0 aliphatic heterocycles. The summed E-state index contributed by atoms with van der Waals surface area (Å²) in [5.74, 6) is -1.47. The van der Waals surface area contributed by atoms with E-state index < -0.39 is 11.5 Å². The molecular formula is C10H8BrF3O3S. The lowest BCUT2D eigenvalue weighted by Gasteiger charge is -2.11. The molecule has 3 nitrogen and oxygen atoms in total. The van der Waals surface area contributed by atoms with E-state index in [-0.39, 0.29) is 35.4 Å². The van der Waals surface area contributed by atoms with Crippen LogP contribution in [0.4, 0.5) is 13.2 Å². The van der Waals surface area contributed by atoms with Gasteiger partial charge in [0.1, 0.15) is 11.3 Å². The maximum Gasteiger partial charge on any atom is 0.441 e. The average molecular weight is 345 g/mol. The molecule has 0 aliphatic carbocycles. The summed E-state index contributed by atoms with van der Waals surface area (Å²) in [5.41, 5.74) is -4.41. The van der Waals surface area contributed by atoms with Gasteiger partial charge in [0.05, 0.1) is 11.1 Å². The van der Waals surface area contributed by atoms with Gasteiger partial charge in [0.15, 0.2) is 0 Å². The number of alkyl halides is 3. The molecule has 0 unspecified atom stereocenters. The van der Waals surface area contributed by atoms with E-state index in [0.29, 0.717) is 4.47 Å². The molecule has 0 amide bonds. The Kier molecular flexibility index (Phi) is 5.33. The van der Waals surface area contributed by atoms with Crippen LogP contribution in [0, 0.1) is 0 Å². The first-order valence-electron chi connectivity index (χ1n) is 4.66. The third kappa shape index (κ3) is 4.77. The van der Waals surface area contributed by atoms with Crippen molar-refractivity contribution in [1.29, 1.82) is 0 Å². The monoisotopic (exact) mass is 344 g/mol. The SMILES string of the molecule is O=C(O)c1cccc(Br)c1OCCSC(F)(F)F. The smallest absolute Gasteiger partial charge is 0.441 e. The van der Waals surface area contributed by atoms with Gasteiger partial charge >= 0.3 is 11.5 Å². The molecule has 0 radical (unpaired) electrons. The summed E-state index contributed by atoms with van der Waals surface area (Å²) >= 11 is 2.87. The lowest BCUT2D eigenvalue weighted by Crippen LogP contribution is -2.10. The van der Waals surface area contributed by atoms with Crippen molar-refractivity contribution in [2.24, 2.45) is 0 Å². The Morgan fingerprint density at radius 3 is 2.67 bits per heavy atom. The number of hydrogen-bond donors (Lipinski definition) is 1. The summed E-state index contributed by atoms with van der Waals surface area (Å²) < 4.78 is 41.1. The molecule has 1 rings (SSSR count). The fourth-order valence-electron chi connectivity index (χ4n) is 1.13. The quantitative estimate of drug-likeness (QED) is 0.825. The number of aromatic carboxylic acids is 1. The van der Waals surface area contributed by atoms with Crippen LogP contribution in [-0.2, 0) is 0 Å². The Balaban J connectivity index is 2.64. The van der Waals surface area contributed by atoms with Crippen LogP contribution in [0.15, 0.2) is 22.7 Å². The van der Waals surface area contributed by atoms with Crippen LogP contribution < -0.4 is 4.74 Å². The summed E-state index contributed by atoms with van der Waals surface area (Å²) in [7, 11) is 0. The van der Waals surface area contributed by atoms with Gasteiger partial charge in [-0.05, 0) is 39.8 Å². The molecule has 0 heterocycles. The summed E-state index contributed by atoms with van der Waals surface area (Å²) in [6.45, 7) is -0.229. The molecule has 0 saturated carbocycles. The average Bonchev–Trinajstić information content (AvgIpc) is 2.24. The fraction of sp³-hybridized carbons (Fsp3) is 0.300. The van der Waals surface area contributed by atoms with E-state index in [1.165, 1.54) is 12.1 Å². The number of thioether (sulfide) groups is 1. The molecule has 0 saturated heterocycles. The van der Waals surface area contributed by atoms with Crippen LogP contribution in [0.3, 0.4) is 0 Å². The van der Waals surface area contributed by atoms with E-state index in [1.807, 2.05) is 0 Å². The van der Waals surface area contributed by atoms with Crippen LogP contribution in [0.2, 0.25) is 0 Å². The van der Waals surface area contributed by atoms with Crippen molar-refractivity contribution in [2.45, 2.75) is 5.51 Å². The van der Waals surface area contributed by atoms with Gasteiger partial charge < -0.3 is 9.84 Å². The van der Waals surface area contributed by atoms with Crippen LogP contribution in [0.5, 0.6) is 5.75 Å². The molecule has 18 heavy (non-hydrogen) atoms. The van der Waals surface area contributed by atoms with Crippen molar-refractivity contribution in [3.8, 4) is 5.75 Å². The number of carboxylic acid groups (broad SMARTS) is 1. The van der Waals surface area contributed by atoms with Crippen LogP contribution >= 0.6 is 27.7 Å². The minimum Gasteiger partial charge on any atom is -0.491 e. The standard InChI is InChI=1S/C10H8BrF3O3S/c11-7-3-1-2-6(9(15)16)8(7)17-4-5-18-10(12,13)14/h1-3H,4-5H2,(H,15,16). The number of halogens is 4. The largest absolute Gasteiger partial charge is 0.491 e. The van der Waals surface area contributed by atoms with Gasteiger partial charge in [-0.1, -0.05) is 6.07 Å². The topological polar surface area (TPSA) is 46.5 Å². The molecule has 0 aliphatic rings. The molecule has 100 valence electrons. The Bertz CT molecular complexity index is 437. The van der Waals surface area contributed by atoms with Crippen LogP contribution in [-0.4, -0.2) is 28.9 Å². The van der Waals surface area contributed by atoms with Crippen molar-refractivity contribution in [1.82, 2.24) is 0 Å². The van der Waals surface area contributed by atoms with E-state index in [2.05, 4.69) is 15.9 Å². The third-order valence-corrected chi connectivity index (χ3v) is 3.12. The van der Waals surface area contributed by atoms with Crippen molar-refractivity contribution in [3.05, 3.63) is 28.2 Å². The van der Waals surface area contributed by atoms with E-state index in [0.717, 1.165) is 0 Å². The van der Waals surface area contributed by atoms with Gasteiger partial charge in [0, 0.05) is 5.75 Å². The Morgan fingerprint density at radius 1 is 1.44 bits per heavy atom. The summed E-state index contributed by atoms with van der Waals surface area (Å²) in [5, 5.41) is 8.89. The zero-order chi connectivity index (χ0) is 13.8. The molecule has 0 bridgehead atoms. The second-order valence-corrected chi connectivity index (χ2v) is 5.08. The van der Waals surface area contributed by atoms with E-state index >= 15 is 0 Å². The first-order chi connectivity index (χ1) is 8.31. The minimum atomic E-state index is -4.31. The predicted molar refractivity (Wildman–Crippen MR) is 65.1 cm³/mol. The number of para-hydroxylation sites is 1. The minimum absolute atomic E-state index is 0.0350. The lowest BCUT2D eigenvalue weighted by atomic mass is 10.2. The highest BCUT2D eigenvalue weighted by Crippen LogP contribution is 2.32. The van der Waals surface area contributed by atoms with E-state index in [1.54, 1.807) is 6.07 Å². The van der Waals surface area contributed by atoms with Crippen molar-refractivity contribution < 1.29 is 27.8 Å². The summed E-state index contributed by atoms with van der Waals surface area (Å²) in [6, 6.07) is 4.38. The number of hydrogen-bond acceptors (Lipinski definition) is 3. The Morgan fingerprint density at radius 2 is 2.11 bits per heavy atom. The maximum atomic E-state index is 11.9. The molecule has 8 heteroatoms. The number of ether oxygens (including phenoxy) is 1. The van der Waals surface area contributed by atoms with E-state index in [4.69, 9.17) is 9.84 Å². The Labute approximate surface area is 113 Å². The van der Waals surface area contributed by atoms with Gasteiger partial charge in [-0.25, -0.2) is 4.79 Å². The number of rotatable bonds is 5. The van der Waals surface area contributed by atoms with E-state index in [9.17, 15) is 18.0 Å². The highest BCUT2D eigenvalue weighted by atomic mass is 79.9.